The van der Waals surface area contributed by atoms with E-state index in [0.29, 0.717) is 17.7 Å². The molecule has 2 atom stereocenters. The van der Waals surface area contributed by atoms with Crippen molar-refractivity contribution in [3.05, 3.63) is 35.4 Å². The van der Waals surface area contributed by atoms with Crippen LogP contribution >= 0.6 is 0 Å². The van der Waals surface area contributed by atoms with Crippen LogP contribution in [-0.4, -0.2) is 26.0 Å². The lowest BCUT2D eigenvalue weighted by Crippen LogP contribution is -2.26. The molecule has 5 heteroatoms. The van der Waals surface area contributed by atoms with Crippen molar-refractivity contribution >= 4 is 15.4 Å². The van der Waals surface area contributed by atoms with Crippen molar-refractivity contribution in [3.8, 4) is 11.8 Å². The molecule has 104 valence electrons. The van der Waals surface area contributed by atoms with Crippen LogP contribution in [0.3, 0.4) is 0 Å². The Kier molecular flexibility index (Phi) is 3.06. The van der Waals surface area contributed by atoms with Gasteiger partial charge >= 0.3 is 0 Å². The van der Waals surface area contributed by atoms with E-state index in [9.17, 15) is 8.42 Å². The third kappa shape index (κ3) is 1.92. The minimum absolute atomic E-state index is 0.242. The number of methoxy groups -OCH3 is 1. The smallest absolute Gasteiger partial charge is 0.159 e. The number of nitriles is 1. The van der Waals surface area contributed by atoms with Crippen LogP contribution in [0.5, 0.6) is 5.75 Å². The molecular formula is C15H15NO3S. The molecule has 2 bridgehead atoms. The number of fused-ring (bicyclic) bond motifs is 2. The first-order chi connectivity index (χ1) is 9.56. The number of hydrogen-bond acceptors (Lipinski definition) is 4. The monoisotopic (exact) mass is 289 g/mol. The molecule has 1 saturated heterocycles. The van der Waals surface area contributed by atoms with Gasteiger partial charge in [-0.25, -0.2) is 8.42 Å². The van der Waals surface area contributed by atoms with Gasteiger partial charge < -0.3 is 4.74 Å². The maximum absolute atomic E-state index is 12.1. The quantitative estimate of drug-likeness (QED) is 0.838. The second kappa shape index (κ2) is 4.64. The van der Waals surface area contributed by atoms with Crippen LogP contribution in [0.1, 0.15) is 30.4 Å². The molecule has 3 rings (SSSR count). The van der Waals surface area contributed by atoms with E-state index in [1.807, 2.05) is 18.2 Å². The van der Waals surface area contributed by atoms with Crippen LogP contribution in [0, 0.1) is 11.3 Å². The van der Waals surface area contributed by atoms with E-state index in [1.165, 1.54) is 7.11 Å². The molecule has 0 N–H and O–H groups in total. The summed E-state index contributed by atoms with van der Waals surface area (Å²) in [5.41, 5.74) is 2.49. The van der Waals surface area contributed by atoms with Gasteiger partial charge in [-0.05, 0) is 42.5 Å². The Morgan fingerprint density at radius 3 is 2.80 bits per heavy atom. The predicted octanol–water partition coefficient (Wildman–Crippen LogP) is 2.30. The molecule has 2 aliphatic rings. The summed E-state index contributed by atoms with van der Waals surface area (Å²) in [5, 5.41) is 8.41. The molecule has 1 fully saturated rings. The van der Waals surface area contributed by atoms with Crippen molar-refractivity contribution < 1.29 is 13.2 Å². The zero-order valence-corrected chi connectivity index (χ0v) is 12.0. The van der Waals surface area contributed by atoms with Gasteiger partial charge in [-0.1, -0.05) is 12.1 Å². The lowest BCUT2D eigenvalue weighted by atomic mass is 9.99. The molecule has 4 nitrogen and oxygen atoms in total. The molecule has 20 heavy (non-hydrogen) atoms. The van der Waals surface area contributed by atoms with Crippen molar-refractivity contribution in [1.29, 1.82) is 5.26 Å². The van der Waals surface area contributed by atoms with E-state index in [0.717, 1.165) is 24.0 Å². The molecule has 0 saturated carbocycles. The fourth-order valence-electron chi connectivity index (χ4n) is 3.06. The van der Waals surface area contributed by atoms with E-state index in [1.54, 1.807) is 6.07 Å². The summed E-state index contributed by atoms with van der Waals surface area (Å²) in [6.45, 7) is 0. The van der Waals surface area contributed by atoms with Gasteiger partial charge in [0.25, 0.3) is 0 Å². The lowest BCUT2D eigenvalue weighted by Gasteiger charge is -2.21. The van der Waals surface area contributed by atoms with Crippen molar-refractivity contribution in [2.24, 2.45) is 0 Å². The number of benzene rings is 1. The van der Waals surface area contributed by atoms with Gasteiger partial charge in [0.1, 0.15) is 11.8 Å². The standard InChI is InChI=1S/C15H15NO3S/c1-19-15-8-10(2-3-11(15)9-16)12-6-13-4-5-14(7-12)20(13,17)18/h2-3,6,8,13-14H,4-5,7H2,1H3. The van der Waals surface area contributed by atoms with E-state index >= 15 is 0 Å². The molecule has 0 amide bonds. The van der Waals surface area contributed by atoms with Crippen LogP contribution in [0.4, 0.5) is 0 Å². The third-order valence-electron chi connectivity index (χ3n) is 4.19. The van der Waals surface area contributed by atoms with Crippen molar-refractivity contribution in [2.75, 3.05) is 7.11 Å². The van der Waals surface area contributed by atoms with Crippen LogP contribution in [0.2, 0.25) is 0 Å². The highest BCUT2D eigenvalue weighted by Gasteiger charge is 2.43. The minimum Gasteiger partial charge on any atom is -0.495 e. The predicted molar refractivity (Wildman–Crippen MR) is 76.0 cm³/mol. The summed E-state index contributed by atoms with van der Waals surface area (Å²) in [6, 6.07) is 7.49. The number of allylic oxidation sites excluding steroid dienone is 1. The van der Waals surface area contributed by atoms with Crippen LogP contribution in [0.25, 0.3) is 5.57 Å². The highest BCUT2D eigenvalue weighted by Crippen LogP contribution is 2.41. The summed E-state index contributed by atoms with van der Waals surface area (Å²) >= 11 is 0. The van der Waals surface area contributed by atoms with Crippen molar-refractivity contribution in [2.45, 2.75) is 29.8 Å². The summed E-state index contributed by atoms with van der Waals surface area (Å²) in [5.74, 6) is 0.534. The molecule has 2 unspecified atom stereocenters. The molecule has 0 aromatic heterocycles. The van der Waals surface area contributed by atoms with Gasteiger partial charge in [0.15, 0.2) is 9.84 Å². The minimum atomic E-state index is -2.96. The van der Waals surface area contributed by atoms with Crippen LogP contribution < -0.4 is 4.74 Å². The first-order valence-corrected chi connectivity index (χ1v) is 8.19. The maximum atomic E-state index is 12.1. The second-order valence-corrected chi connectivity index (χ2v) is 7.70. The normalized spacial score (nSPS) is 26.7. The Labute approximate surface area is 118 Å². The van der Waals surface area contributed by atoms with Crippen LogP contribution in [0.15, 0.2) is 24.3 Å². The number of ether oxygens (including phenoxy) is 1. The zero-order chi connectivity index (χ0) is 14.3. The Morgan fingerprint density at radius 2 is 2.15 bits per heavy atom. The fourth-order valence-corrected chi connectivity index (χ4v) is 5.25. The van der Waals surface area contributed by atoms with Gasteiger partial charge in [0.05, 0.1) is 23.2 Å². The Balaban J connectivity index is 2.02. The maximum Gasteiger partial charge on any atom is 0.159 e. The molecule has 0 spiro atoms. The van der Waals surface area contributed by atoms with Gasteiger partial charge in [-0.15, -0.1) is 0 Å². The van der Waals surface area contributed by atoms with Gasteiger partial charge in [0.2, 0.25) is 0 Å². The summed E-state index contributed by atoms with van der Waals surface area (Å²) in [7, 11) is -1.43. The Morgan fingerprint density at radius 1 is 1.35 bits per heavy atom. The average Bonchev–Trinajstić information content (AvgIpc) is 2.66. The Bertz CT molecular complexity index is 728. The SMILES string of the molecule is COc1cc(C2=CC3CCC(C2)S3(=O)=O)ccc1C#N. The number of rotatable bonds is 2. The fraction of sp³-hybridized carbons (Fsp3) is 0.400. The first kappa shape index (κ1) is 13.2. The highest BCUT2D eigenvalue weighted by molar-refractivity contribution is 7.93. The van der Waals surface area contributed by atoms with Crippen LogP contribution in [-0.2, 0) is 9.84 Å². The molecule has 1 aromatic carbocycles. The zero-order valence-electron chi connectivity index (χ0n) is 11.2. The van der Waals surface area contributed by atoms with Crippen molar-refractivity contribution in [3.63, 3.8) is 0 Å². The van der Waals surface area contributed by atoms with E-state index < -0.39 is 9.84 Å². The first-order valence-electron chi connectivity index (χ1n) is 6.58. The van der Waals surface area contributed by atoms with E-state index in [4.69, 9.17) is 10.00 Å². The molecule has 0 aliphatic carbocycles. The largest absolute Gasteiger partial charge is 0.495 e. The average molecular weight is 289 g/mol. The lowest BCUT2D eigenvalue weighted by molar-refractivity contribution is 0.413. The molecule has 0 radical (unpaired) electrons. The third-order valence-corrected chi connectivity index (χ3v) is 6.73. The Hall–Kier alpha value is -1.80. The van der Waals surface area contributed by atoms with Gasteiger partial charge in [-0.2, -0.15) is 5.26 Å². The number of hydrogen-bond donors (Lipinski definition) is 0. The van der Waals surface area contributed by atoms with E-state index in [-0.39, 0.29) is 10.5 Å². The topological polar surface area (TPSA) is 67.2 Å². The summed E-state index contributed by atoms with van der Waals surface area (Å²) < 4.78 is 29.3. The highest BCUT2D eigenvalue weighted by atomic mass is 32.2. The van der Waals surface area contributed by atoms with Gasteiger partial charge in [0, 0.05) is 0 Å². The number of sulfone groups is 1. The number of nitrogens with zero attached hydrogens (tertiary/aromatic N) is 1. The van der Waals surface area contributed by atoms with E-state index in [2.05, 4.69) is 6.07 Å². The molecule has 2 heterocycles. The second-order valence-electron chi connectivity index (χ2n) is 5.25. The van der Waals surface area contributed by atoms with Gasteiger partial charge in [-0.3, -0.25) is 0 Å². The molecule has 2 aliphatic heterocycles. The summed E-state index contributed by atoms with van der Waals surface area (Å²) in [6.07, 6.45) is 3.91. The van der Waals surface area contributed by atoms with Crippen molar-refractivity contribution in [1.82, 2.24) is 0 Å². The molecule has 1 aromatic rings. The molecular weight excluding hydrogens is 274 g/mol. The summed E-state index contributed by atoms with van der Waals surface area (Å²) in [4.78, 5) is 0.